The average Bonchev–Trinajstić information content (AvgIpc) is 3.21. The van der Waals surface area contributed by atoms with Crippen LogP contribution < -0.4 is 9.62 Å². The van der Waals surface area contributed by atoms with Crippen molar-refractivity contribution < 1.29 is 17.9 Å². The molecule has 0 spiro atoms. The van der Waals surface area contributed by atoms with Gasteiger partial charge in [0.05, 0.1) is 7.11 Å². The van der Waals surface area contributed by atoms with Crippen molar-refractivity contribution in [2.24, 2.45) is 0 Å². The number of hydrogen-bond donors (Lipinski definition) is 2. The van der Waals surface area contributed by atoms with Crippen molar-refractivity contribution in [1.29, 1.82) is 0 Å². The van der Waals surface area contributed by atoms with Gasteiger partial charge in [-0.05, 0) is 30.7 Å². The van der Waals surface area contributed by atoms with Crippen LogP contribution in [0.4, 0.5) is 5.69 Å². The lowest BCUT2D eigenvalue weighted by atomic mass is 10.1. The van der Waals surface area contributed by atoms with Gasteiger partial charge in [-0.1, -0.05) is 17.7 Å². The number of hydrogen-bond acceptors (Lipinski definition) is 6. The number of piperazine rings is 1. The Kier molecular flexibility index (Phi) is 6.84. The van der Waals surface area contributed by atoms with Crippen LogP contribution in [0.2, 0.25) is 5.02 Å². The van der Waals surface area contributed by atoms with Crippen LogP contribution in [-0.4, -0.2) is 70.6 Å². The van der Waals surface area contributed by atoms with Crippen LogP contribution in [0, 0.1) is 6.92 Å². The topological polar surface area (TPSA) is 94.7 Å². The molecule has 8 nitrogen and oxygen atoms in total. The fraction of sp³-hybridized carbons (Fsp3) is 0.421. The summed E-state index contributed by atoms with van der Waals surface area (Å²) in [5, 5.41) is 0.725. The minimum absolute atomic E-state index is 0.0131. The smallest absolute Gasteiger partial charge is 0.354 e. The molecule has 1 aliphatic heterocycles. The zero-order valence-electron chi connectivity index (χ0n) is 16.4. The van der Waals surface area contributed by atoms with Gasteiger partial charge in [0.25, 0.3) is 0 Å². The van der Waals surface area contributed by atoms with Gasteiger partial charge in [0.15, 0.2) is 0 Å². The highest BCUT2D eigenvalue weighted by atomic mass is 35.5. The van der Waals surface area contributed by atoms with E-state index in [1.54, 1.807) is 0 Å². The molecule has 1 aromatic carbocycles. The summed E-state index contributed by atoms with van der Waals surface area (Å²) < 4.78 is 31.9. The predicted octanol–water partition coefficient (Wildman–Crippen LogP) is 1.86. The third-order valence-corrected chi connectivity index (χ3v) is 6.65. The zero-order valence-corrected chi connectivity index (χ0v) is 18.0. The molecule has 1 fully saturated rings. The van der Waals surface area contributed by atoms with Crippen LogP contribution in [0.15, 0.2) is 35.4 Å². The number of sulfonamides is 1. The molecule has 158 valence electrons. The number of aryl methyl sites for hydroxylation is 1. The van der Waals surface area contributed by atoms with Crippen molar-refractivity contribution in [2.45, 2.75) is 11.8 Å². The summed E-state index contributed by atoms with van der Waals surface area (Å²) in [6.45, 7) is 6.35. The van der Waals surface area contributed by atoms with E-state index in [0.29, 0.717) is 6.54 Å². The Balaban J connectivity index is 1.48. The van der Waals surface area contributed by atoms with Crippen molar-refractivity contribution in [1.82, 2.24) is 14.6 Å². The number of ether oxygens (including phenoxy) is 1. The van der Waals surface area contributed by atoms with Gasteiger partial charge in [-0.2, -0.15) is 0 Å². The minimum atomic E-state index is -3.69. The SMILES string of the molecule is COC(=O)c1cc(S(=O)(=O)NCCN2CCN(c3cc(Cl)ccc3C)CC2)c[nH]1. The second-order valence-corrected chi connectivity index (χ2v) is 9.10. The third-order valence-electron chi connectivity index (χ3n) is 4.98. The molecule has 2 aromatic rings. The highest BCUT2D eigenvalue weighted by Crippen LogP contribution is 2.25. The van der Waals surface area contributed by atoms with Gasteiger partial charge in [0.1, 0.15) is 10.6 Å². The van der Waals surface area contributed by atoms with E-state index in [-0.39, 0.29) is 17.1 Å². The van der Waals surface area contributed by atoms with Crippen LogP contribution in [0.5, 0.6) is 0 Å². The van der Waals surface area contributed by atoms with E-state index < -0.39 is 16.0 Å². The van der Waals surface area contributed by atoms with Gasteiger partial charge < -0.3 is 14.6 Å². The maximum Gasteiger partial charge on any atom is 0.354 e. The van der Waals surface area contributed by atoms with Crippen LogP contribution in [0.25, 0.3) is 0 Å². The van der Waals surface area contributed by atoms with Gasteiger partial charge in [-0.3, -0.25) is 4.90 Å². The number of nitrogens with zero attached hydrogens (tertiary/aromatic N) is 2. The van der Waals surface area contributed by atoms with Gasteiger partial charge in [-0.15, -0.1) is 0 Å². The lowest BCUT2D eigenvalue weighted by Crippen LogP contribution is -2.48. The van der Waals surface area contributed by atoms with Gasteiger partial charge in [0.2, 0.25) is 10.0 Å². The van der Waals surface area contributed by atoms with E-state index in [4.69, 9.17) is 11.6 Å². The molecule has 3 rings (SSSR count). The number of halogens is 1. The first kappa shape index (κ1) is 21.6. The van der Waals surface area contributed by atoms with E-state index in [0.717, 1.165) is 36.9 Å². The molecule has 10 heteroatoms. The number of carbonyl (C=O) groups is 1. The van der Waals surface area contributed by atoms with Crippen molar-refractivity contribution in [3.8, 4) is 0 Å². The first-order chi connectivity index (χ1) is 13.8. The number of rotatable bonds is 7. The van der Waals surface area contributed by atoms with Gasteiger partial charge in [0, 0.05) is 56.2 Å². The highest BCUT2D eigenvalue weighted by Gasteiger charge is 2.21. The number of methoxy groups -OCH3 is 1. The summed E-state index contributed by atoms with van der Waals surface area (Å²) in [5.74, 6) is -0.612. The van der Waals surface area contributed by atoms with E-state index >= 15 is 0 Å². The lowest BCUT2D eigenvalue weighted by molar-refractivity contribution is 0.0594. The predicted molar refractivity (Wildman–Crippen MR) is 112 cm³/mol. The molecule has 0 atom stereocenters. The highest BCUT2D eigenvalue weighted by molar-refractivity contribution is 7.89. The maximum atomic E-state index is 12.4. The zero-order chi connectivity index (χ0) is 21.0. The van der Waals surface area contributed by atoms with Gasteiger partial charge in [-0.25, -0.2) is 17.9 Å². The molecule has 0 unspecified atom stereocenters. The van der Waals surface area contributed by atoms with Crippen LogP contribution in [0.1, 0.15) is 16.1 Å². The van der Waals surface area contributed by atoms with E-state index in [9.17, 15) is 13.2 Å². The Bertz CT molecular complexity index is 968. The average molecular weight is 441 g/mol. The molecule has 0 aliphatic carbocycles. The Labute approximate surface area is 175 Å². The van der Waals surface area contributed by atoms with Crippen molar-refractivity contribution in [2.75, 3.05) is 51.3 Å². The number of aromatic amines is 1. The fourth-order valence-corrected chi connectivity index (χ4v) is 4.49. The second-order valence-electron chi connectivity index (χ2n) is 6.90. The number of aromatic nitrogens is 1. The monoisotopic (exact) mass is 440 g/mol. The first-order valence-electron chi connectivity index (χ1n) is 9.30. The summed E-state index contributed by atoms with van der Waals surface area (Å²) in [6.07, 6.45) is 1.28. The summed E-state index contributed by atoms with van der Waals surface area (Å²) in [5.41, 5.74) is 2.43. The molecule has 0 radical (unpaired) electrons. The summed E-state index contributed by atoms with van der Waals surface area (Å²) in [6, 6.07) is 7.16. The van der Waals surface area contributed by atoms with Crippen LogP contribution >= 0.6 is 11.6 Å². The molecule has 2 N–H and O–H groups in total. The van der Waals surface area contributed by atoms with Crippen LogP contribution in [0.3, 0.4) is 0 Å². The molecule has 29 heavy (non-hydrogen) atoms. The molecule has 1 aliphatic rings. The van der Waals surface area contributed by atoms with E-state index in [2.05, 4.69) is 31.2 Å². The lowest BCUT2D eigenvalue weighted by Gasteiger charge is -2.36. The minimum Gasteiger partial charge on any atom is -0.464 e. The number of carbonyl (C=O) groups excluding carboxylic acids is 1. The molecule has 0 amide bonds. The number of H-pyrrole nitrogens is 1. The number of anilines is 1. The standard InChI is InChI=1S/C19H25ClN4O4S/c1-14-3-4-15(20)11-18(14)24-9-7-23(8-10-24)6-5-22-29(26,27)16-12-17(21-13-16)19(25)28-2/h3-4,11-13,21-22H,5-10H2,1-2H3. The number of benzene rings is 1. The van der Waals surface area contributed by atoms with Crippen molar-refractivity contribution in [3.05, 3.63) is 46.7 Å². The summed E-state index contributed by atoms with van der Waals surface area (Å²) >= 11 is 6.12. The molecular weight excluding hydrogens is 416 g/mol. The Morgan fingerprint density at radius 2 is 1.97 bits per heavy atom. The van der Waals surface area contributed by atoms with Crippen molar-refractivity contribution in [3.63, 3.8) is 0 Å². The Hall–Kier alpha value is -2.07. The third kappa shape index (κ3) is 5.30. The quantitative estimate of drug-likeness (QED) is 0.638. The van der Waals surface area contributed by atoms with E-state index in [1.165, 1.54) is 24.9 Å². The van der Waals surface area contributed by atoms with Crippen LogP contribution in [-0.2, 0) is 14.8 Å². The maximum absolute atomic E-state index is 12.4. The Morgan fingerprint density at radius 3 is 2.66 bits per heavy atom. The summed E-state index contributed by atoms with van der Waals surface area (Å²) in [4.78, 5) is 18.6. The first-order valence-corrected chi connectivity index (χ1v) is 11.2. The molecule has 0 bridgehead atoms. The number of nitrogens with one attached hydrogen (secondary N) is 2. The molecule has 0 saturated carbocycles. The molecule has 2 heterocycles. The molecular formula is C19H25ClN4O4S. The largest absolute Gasteiger partial charge is 0.464 e. The molecule has 1 saturated heterocycles. The van der Waals surface area contributed by atoms with Crippen molar-refractivity contribution >= 4 is 33.3 Å². The molecule has 1 aromatic heterocycles. The fourth-order valence-electron chi connectivity index (χ4n) is 3.31. The number of esters is 1. The van der Waals surface area contributed by atoms with Gasteiger partial charge >= 0.3 is 5.97 Å². The summed E-state index contributed by atoms with van der Waals surface area (Å²) in [7, 11) is -2.45. The van der Waals surface area contributed by atoms with E-state index in [1.807, 2.05) is 18.2 Å². The normalized spacial score (nSPS) is 15.5. The second kappa shape index (κ2) is 9.17. The Morgan fingerprint density at radius 1 is 1.24 bits per heavy atom.